The Bertz CT molecular complexity index is 489. The number of carbonyl (C=O) groups is 1. The molecule has 1 N–H and O–H groups in total. The predicted molar refractivity (Wildman–Crippen MR) is 75.4 cm³/mol. The van der Waals surface area contributed by atoms with E-state index in [1.165, 1.54) is 24.4 Å². The molecule has 2 fully saturated rings. The molecule has 19 heavy (non-hydrogen) atoms. The van der Waals surface area contributed by atoms with Gasteiger partial charge in [-0.3, -0.25) is 4.79 Å². The Labute approximate surface area is 117 Å². The Kier molecular flexibility index (Phi) is 3.00. The summed E-state index contributed by atoms with van der Waals surface area (Å²) >= 11 is 1.41. The van der Waals surface area contributed by atoms with E-state index >= 15 is 0 Å². The van der Waals surface area contributed by atoms with Gasteiger partial charge in [0, 0.05) is 36.0 Å². The van der Waals surface area contributed by atoms with Crippen molar-refractivity contribution in [2.45, 2.75) is 57.5 Å². The van der Waals surface area contributed by atoms with E-state index < -0.39 is 0 Å². The number of nitrogens with zero attached hydrogens (tertiary/aromatic N) is 3. The number of nitrogens with one attached hydrogen (secondary N) is 1. The second-order valence-electron chi connectivity index (χ2n) is 6.45. The van der Waals surface area contributed by atoms with Gasteiger partial charge in [0.25, 0.3) is 0 Å². The number of hydrogen-bond acceptors (Lipinski definition) is 5. The molecule has 6 heteroatoms. The Morgan fingerprint density at radius 1 is 1.37 bits per heavy atom. The van der Waals surface area contributed by atoms with Crippen LogP contribution in [0, 0.1) is 0 Å². The van der Waals surface area contributed by atoms with Crippen LogP contribution in [-0.4, -0.2) is 38.3 Å². The summed E-state index contributed by atoms with van der Waals surface area (Å²) in [6.45, 7) is 6.97. The molecule has 1 aromatic heterocycles. The molecule has 1 aliphatic heterocycles. The fourth-order valence-corrected chi connectivity index (χ4v) is 3.15. The molecule has 104 valence electrons. The maximum Gasteiger partial charge on any atom is 0.225 e. The highest BCUT2D eigenvalue weighted by atomic mass is 32.1. The fraction of sp³-hybridized carbons (Fsp3) is 0.769. The summed E-state index contributed by atoms with van der Waals surface area (Å²) in [4.78, 5) is 18.5. The highest BCUT2D eigenvalue weighted by Gasteiger charge is 2.36. The molecular weight excluding hydrogens is 260 g/mol. The van der Waals surface area contributed by atoms with E-state index in [9.17, 15) is 4.79 Å². The van der Waals surface area contributed by atoms with Crippen LogP contribution in [0.5, 0.6) is 0 Å². The molecule has 1 amide bonds. The van der Waals surface area contributed by atoms with Crippen LogP contribution < -0.4 is 5.32 Å². The zero-order valence-electron chi connectivity index (χ0n) is 11.6. The van der Waals surface area contributed by atoms with Gasteiger partial charge in [-0.25, -0.2) is 4.98 Å². The summed E-state index contributed by atoms with van der Waals surface area (Å²) in [6, 6.07) is 0.159. The van der Waals surface area contributed by atoms with Gasteiger partial charge < -0.3 is 10.2 Å². The van der Waals surface area contributed by atoms with Crippen LogP contribution in [0.25, 0.3) is 0 Å². The second kappa shape index (κ2) is 4.44. The number of hydrogen-bond donors (Lipinski definition) is 1. The number of carbonyl (C=O) groups excluding carboxylic acids is 1. The third-order valence-electron chi connectivity index (χ3n) is 3.65. The molecule has 0 radical (unpaired) electrons. The van der Waals surface area contributed by atoms with Crippen molar-refractivity contribution in [3.8, 4) is 0 Å². The smallest absolute Gasteiger partial charge is 0.225 e. The minimum absolute atomic E-state index is 0.103. The first-order chi connectivity index (χ1) is 8.93. The fourth-order valence-electron chi connectivity index (χ4n) is 2.43. The number of rotatable bonds is 3. The van der Waals surface area contributed by atoms with Crippen molar-refractivity contribution in [2.75, 3.05) is 11.9 Å². The zero-order valence-corrected chi connectivity index (χ0v) is 12.5. The molecule has 1 saturated heterocycles. The van der Waals surface area contributed by atoms with Crippen molar-refractivity contribution >= 4 is 22.6 Å². The maximum atomic E-state index is 12.0. The molecule has 0 aromatic carbocycles. The SMILES string of the molecule is CC(C)(C)N1C[C@@H](Nc2nc(C3CC3)ns2)CC1=O. The van der Waals surface area contributed by atoms with Gasteiger partial charge in [0.05, 0.1) is 6.04 Å². The van der Waals surface area contributed by atoms with E-state index in [2.05, 4.69) is 35.4 Å². The predicted octanol–water partition coefficient (Wildman–Crippen LogP) is 2.23. The van der Waals surface area contributed by atoms with Crippen LogP contribution in [0.2, 0.25) is 0 Å². The maximum absolute atomic E-state index is 12.0. The topological polar surface area (TPSA) is 58.1 Å². The van der Waals surface area contributed by atoms with Crippen LogP contribution in [0.1, 0.15) is 51.8 Å². The van der Waals surface area contributed by atoms with Crippen LogP contribution >= 0.6 is 11.5 Å². The Hall–Kier alpha value is -1.17. The third kappa shape index (κ3) is 2.73. The molecular formula is C13H20N4OS. The Morgan fingerprint density at radius 3 is 2.68 bits per heavy atom. The van der Waals surface area contributed by atoms with Crippen molar-refractivity contribution in [3.63, 3.8) is 0 Å². The Morgan fingerprint density at radius 2 is 2.11 bits per heavy atom. The van der Waals surface area contributed by atoms with E-state index in [0.29, 0.717) is 12.3 Å². The summed E-state index contributed by atoms with van der Waals surface area (Å²) in [5.41, 5.74) is -0.103. The summed E-state index contributed by atoms with van der Waals surface area (Å²) in [5, 5.41) is 4.22. The molecule has 2 aliphatic rings. The van der Waals surface area contributed by atoms with Crippen LogP contribution in [0.4, 0.5) is 5.13 Å². The van der Waals surface area contributed by atoms with Gasteiger partial charge in [0.1, 0.15) is 5.82 Å². The van der Waals surface area contributed by atoms with Crippen LogP contribution in [-0.2, 0) is 4.79 Å². The van der Waals surface area contributed by atoms with Gasteiger partial charge in [-0.2, -0.15) is 4.37 Å². The van der Waals surface area contributed by atoms with Crippen molar-refractivity contribution < 1.29 is 4.79 Å². The van der Waals surface area contributed by atoms with Gasteiger partial charge in [-0.05, 0) is 33.6 Å². The first-order valence-corrected chi connectivity index (χ1v) is 7.61. The standard InChI is InChI=1S/C13H20N4OS/c1-13(2,3)17-7-9(6-10(17)18)14-12-15-11(16-19-12)8-4-5-8/h8-9H,4-7H2,1-3H3,(H,14,15,16)/t9-/m0/s1. The lowest BCUT2D eigenvalue weighted by atomic mass is 10.1. The van der Waals surface area contributed by atoms with Crippen molar-refractivity contribution in [2.24, 2.45) is 0 Å². The number of amides is 1. The third-order valence-corrected chi connectivity index (χ3v) is 4.31. The van der Waals surface area contributed by atoms with E-state index in [-0.39, 0.29) is 17.5 Å². The minimum atomic E-state index is -0.103. The molecule has 1 aromatic rings. The molecule has 1 aliphatic carbocycles. The van der Waals surface area contributed by atoms with Gasteiger partial charge in [0.2, 0.25) is 11.0 Å². The molecule has 2 heterocycles. The summed E-state index contributed by atoms with van der Waals surface area (Å²) in [6.07, 6.45) is 2.99. The Balaban J connectivity index is 1.62. The quantitative estimate of drug-likeness (QED) is 0.922. The average Bonchev–Trinajstić information content (AvgIpc) is 2.94. The van der Waals surface area contributed by atoms with Gasteiger partial charge >= 0.3 is 0 Å². The summed E-state index contributed by atoms with van der Waals surface area (Å²) < 4.78 is 4.38. The summed E-state index contributed by atoms with van der Waals surface area (Å²) in [5.74, 6) is 1.78. The monoisotopic (exact) mass is 280 g/mol. The largest absolute Gasteiger partial charge is 0.355 e. The molecule has 3 rings (SSSR count). The van der Waals surface area contributed by atoms with Gasteiger partial charge in [0.15, 0.2) is 0 Å². The van der Waals surface area contributed by atoms with Crippen LogP contribution in [0.3, 0.4) is 0 Å². The van der Waals surface area contributed by atoms with Gasteiger partial charge in [-0.1, -0.05) is 0 Å². The first kappa shape index (κ1) is 12.8. The number of anilines is 1. The molecule has 0 spiro atoms. The zero-order chi connectivity index (χ0) is 13.6. The lowest BCUT2D eigenvalue weighted by Gasteiger charge is -2.32. The lowest BCUT2D eigenvalue weighted by molar-refractivity contribution is -0.131. The molecule has 0 bridgehead atoms. The van der Waals surface area contributed by atoms with E-state index in [4.69, 9.17) is 0 Å². The van der Waals surface area contributed by atoms with E-state index in [0.717, 1.165) is 17.5 Å². The van der Waals surface area contributed by atoms with Crippen molar-refractivity contribution in [3.05, 3.63) is 5.82 Å². The minimum Gasteiger partial charge on any atom is -0.355 e. The van der Waals surface area contributed by atoms with E-state index in [1.54, 1.807) is 0 Å². The highest BCUT2D eigenvalue weighted by Crippen LogP contribution is 2.39. The highest BCUT2D eigenvalue weighted by molar-refractivity contribution is 7.09. The summed E-state index contributed by atoms with van der Waals surface area (Å²) in [7, 11) is 0. The second-order valence-corrected chi connectivity index (χ2v) is 7.20. The molecule has 1 saturated carbocycles. The van der Waals surface area contributed by atoms with Crippen molar-refractivity contribution in [1.82, 2.24) is 14.3 Å². The number of likely N-dealkylation sites (tertiary alicyclic amines) is 1. The van der Waals surface area contributed by atoms with E-state index in [1.807, 2.05) is 4.90 Å². The average molecular weight is 280 g/mol. The molecule has 0 unspecified atom stereocenters. The van der Waals surface area contributed by atoms with Crippen molar-refractivity contribution in [1.29, 1.82) is 0 Å². The molecule has 1 atom stereocenters. The first-order valence-electron chi connectivity index (χ1n) is 6.84. The molecule has 5 nitrogen and oxygen atoms in total. The normalized spacial score (nSPS) is 24.1. The lowest BCUT2D eigenvalue weighted by Crippen LogP contribution is -2.43. The van der Waals surface area contributed by atoms with Crippen LogP contribution in [0.15, 0.2) is 0 Å². The number of aromatic nitrogens is 2. The van der Waals surface area contributed by atoms with Gasteiger partial charge in [-0.15, -0.1) is 0 Å².